The summed E-state index contributed by atoms with van der Waals surface area (Å²) in [6.45, 7) is 9.02. The molecule has 7 atom stereocenters. The molecule has 2 aromatic carbocycles. The van der Waals surface area contributed by atoms with Gasteiger partial charge in [-0.05, 0) is 62.4 Å². The molecule has 0 unspecified atom stereocenters. The highest BCUT2D eigenvalue weighted by Gasteiger charge is 2.75. The third-order valence-corrected chi connectivity index (χ3v) is 9.60. The summed E-state index contributed by atoms with van der Waals surface area (Å²) in [7, 11) is 1.56. The number of benzene rings is 2. The summed E-state index contributed by atoms with van der Waals surface area (Å²) in [5.74, 6) is -2.93. The number of nitrogens with zero attached hydrogens (tertiary/aromatic N) is 2. The summed E-state index contributed by atoms with van der Waals surface area (Å²) >= 11 is 0. The number of hydrogen-bond donors (Lipinski definition) is 2. The van der Waals surface area contributed by atoms with Crippen LogP contribution in [0, 0.1) is 11.8 Å². The van der Waals surface area contributed by atoms with Crippen LogP contribution in [-0.4, -0.2) is 90.4 Å². The van der Waals surface area contributed by atoms with Crippen molar-refractivity contribution in [2.24, 2.45) is 11.8 Å². The Morgan fingerprint density at radius 2 is 1.88 bits per heavy atom. The number of esters is 1. The molecule has 2 N–H and O–H groups in total. The summed E-state index contributed by atoms with van der Waals surface area (Å²) in [6.07, 6.45) is 3.93. The molecule has 1 spiro atoms. The minimum atomic E-state index is -1.30. The fourth-order valence-electron chi connectivity index (χ4n) is 7.43. The monoisotopic (exact) mass is 659 g/mol. The maximum absolute atomic E-state index is 14.9. The average Bonchev–Trinajstić information content (AvgIpc) is 3.75. The summed E-state index contributed by atoms with van der Waals surface area (Å²) in [5, 5.41) is 13.5. The second-order valence-electron chi connectivity index (χ2n) is 12.6. The van der Waals surface area contributed by atoms with Gasteiger partial charge in [0.15, 0.2) is 0 Å². The topological polar surface area (TPSA) is 135 Å². The fourth-order valence-corrected chi connectivity index (χ4v) is 7.43. The highest BCUT2D eigenvalue weighted by Crippen LogP contribution is 2.59. The van der Waals surface area contributed by atoms with Crippen LogP contribution in [0.4, 0.5) is 5.69 Å². The molecule has 11 heteroatoms. The van der Waals surface area contributed by atoms with Crippen LogP contribution in [0.2, 0.25) is 0 Å². The Morgan fingerprint density at radius 1 is 1.15 bits per heavy atom. The summed E-state index contributed by atoms with van der Waals surface area (Å²) < 4.78 is 17.7. The van der Waals surface area contributed by atoms with Crippen LogP contribution in [-0.2, 0) is 35.1 Å². The molecule has 2 aromatic rings. The van der Waals surface area contributed by atoms with Crippen molar-refractivity contribution in [1.82, 2.24) is 10.2 Å². The summed E-state index contributed by atoms with van der Waals surface area (Å²) in [6, 6.07) is 14.6. The van der Waals surface area contributed by atoms with Crippen LogP contribution in [0.25, 0.3) is 0 Å². The van der Waals surface area contributed by atoms with E-state index in [1.165, 1.54) is 4.90 Å². The predicted molar refractivity (Wildman–Crippen MR) is 179 cm³/mol. The van der Waals surface area contributed by atoms with Gasteiger partial charge in [0.2, 0.25) is 11.8 Å². The fraction of sp³-hybridized carbons (Fsp3) is 0.459. The van der Waals surface area contributed by atoms with E-state index in [9.17, 15) is 24.3 Å². The predicted octanol–water partition coefficient (Wildman–Crippen LogP) is 3.21. The number of allylic oxidation sites excluding steroid dienone is 1. The van der Waals surface area contributed by atoms with Gasteiger partial charge in [0.1, 0.15) is 23.5 Å². The molecule has 0 aromatic heterocycles. The number of carbonyl (C=O) groups excluding carboxylic acids is 4. The van der Waals surface area contributed by atoms with Crippen LogP contribution < -0.4 is 15.0 Å². The lowest BCUT2D eigenvalue weighted by molar-refractivity contribution is -0.159. The zero-order chi connectivity index (χ0) is 34.4. The number of fused-ring (bicyclic) bond motifs is 1. The molecule has 256 valence electrons. The van der Waals surface area contributed by atoms with Gasteiger partial charge < -0.3 is 34.4 Å². The van der Waals surface area contributed by atoms with Crippen molar-refractivity contribution in [2.75, 3.05) is 31.7 Å². The molecule has 3 amide bonds. The second kappa shape index (κ2) is 15.2. The standard InChI is InChI=1S/C37H45N3O8/c1-5-7-13-30(42)38-22-24(3)47-36(45)31-29-18-19-37(48-29)32(31)34(43)40(27(23-41)21-25-11-9-8-10-12-25)33(37)35(44)39(20-6-2)26-14-16-28(46-4)17-15-26/h5-6,8-12,14-17,24,27,29,31-33,41H,1-2,7,13,18-23H2,3-4H3,(H,38,42)/t24-,27-,29+,31-,32-,33+,37-/m1/s1. The zero-order valence-corrected chi connectivity index (χ0v) is 27.6. The molecule has 3 saturated heterocycles. The van der Waals surface area contributed by atoms with Crippen LogP contribution in [0.1, 0.15) is 38.2 Å². The van der Waals surface area contributed by atoms with E-state index >= 15 is 0 Å². The lowest BCUT2D eigenvalue weighted by Crippen LogP contribution is -2.59. The molecule has 0 radical (unpaired) electrons. The van der Waals surface area contributed by atoms with Crippen molar-refractivity contribution in [2.45, 2.75) is 68.9 Å². The van der Waals surface area contributed by atoms with Crippen molar-refractivity contribution in [3.8, 4) is 5.75 Å². The van der Waals surface area contributed by atoms with E-state index in [1.54, 1.807) is 55.4 Å². The van der Waals surface area contributed by atoms with Crippen molar-refractivity contribution in [3.05, 3.63) is 85.5 Å². The Kier molecular flexibility index (Phi) is 11.0. The van der Waals surface area contributed by atoms with E-state index in [2.05, 4.69) is 18.5 Å². The molecule has 5 rings (SSSR count). The number of ether oxygens (including phenoxy) is 3. The molecule has 3 fully saturated rings. The molecule has 0 aliphatic carbocycles. The van der Waals surface area contributed by atoms with Gasteiger partial charge in [-0.2, -0.15) is 0 Å². The van der Waals surface area contributed by atoms with E-state index in [1.807, 2.05) is 30.3 Å². The number of rotatable bonds is 16. The van der Waals surface area contributed by atoms with Crippen molar-refractivity contribution >= 4 is 29.4 Å². The molecule has 3 heterocycles. The van der Waals surface area contributed by atoms with Gasteiger partial charge in [-0.1, -0.05) is 42.5 Å². The lowest BCUT2D eigenvalue weighted by atomic mass is 9.70. The van der Waals surface area contributed by atoms with Gasteiger partial charge in [0.05, 0.1) is 44.2 Å². The Labute approximate surface area is 281 Å². The van der Waals surface area contributed by atoms with Gasteiger partial charge in [0, 0.05) is 18.7 Å². The second-order valence-corrected chi connectivity index (χ2v) is 12.6. The molecular weight excluding hydrogens is 614 g/mol. The van der Waals surface area contributed by atoms with Gasteiger partial charge in [-0.15, -0.1) is 13.2 Å². The van der Waals surface area contributed by atoms with Gasteiger partial charge >= 0.3 is 5.97 Å². The van der Waals surface area contributed by atoms with Crippen LogP contribution in [0.5, 0.6) is 5.75 Å². The number of likely N-dealkylation sites (tertiary alicyclic amines) is 1. The highest BCUT2D eigenvalue weighted by molar-refractivity contribution is 6.05. The zero-order valence-electron chi connectivity index (χ0n) is 27.6. The van der Waals surface area contributed by atoms with Crippen molar-refractivity contribution in [1.29, 1.82) is 0 Å². The molecular formula is C37H45N3O8. The maximum Gasteiger partial charge on any atom is 0.312 e. The van der Waals surface area contributed by atoms with Crippen molar-refractivity contribution < 1.29 is 38.5 Å². The van der Waals surface area contributed by atoms with E-state index < -0.39 is 66.1 Å². The number of methoxy groups -OCH3 is 1. The first kappa shape index (κ1) is 34.8. The maximum atomic E-state index is 14.9. The van der Waals surface area contributed by atoms with E-state index in [0.717, 1.165) is 5.56 Å². The first-order valence-electron chi connectivity index (χ1n) is 16.5. The third-order valence-electron chi connectivity index (χ3n) is 9.60. The molecule has 3 aliphatic heterocycles. The Hall–Kier alpha value is -4.48. The minimum absolute atomic E-state index is 0.110. The number of nitrogens with one attached hydrogen (secondary N) is 1. The van der Waals surface area contributed by atoms with Gasteiger partial charge in [-0.25, -0.2) is 0 Å². The number of aliphatic hydroxyl groups excluding tert-OH is 1. The number of aliphatic hydroxyl groups is 1. The largest absolute Gasteiger partial charge is 0.497 e. The Morgan fingerprint density at radius 3 is 2.52 bits per heavy atom. The molecule has 3 aliphatic rings. The van der Waals surface area contributed by atoms with Crippen LogP contribution in [0.15, 0.2) is 79.9 Å². The molecule has 2 bridgehead atoms. The van der Waals surface area contributed by atoms with Gasteiger partial charge in [0.25, 0.3) is 5.91 Å². The SMILES string of the molecule is C=CCCC(=O)NC[C@@H](C)OC(=O)[C@@H]1[C@@H]2CC[C@]3(O2)[C@H](C(=O)N(CC=C)c2ccc(OC)cc2)N([C@@H](CO)Cc2ccccc2)C(=O)[C@@H]13. The van der Waals surface area contributed by atoms with Crippen molar-refractivity contribution in [3.63, 3.8) is 0 Å². The molecule has 11 nitrogen and oxygen atoms in total. The average molecular weight is 660 g/mol. The lowest BCUT2D eigenvalue weighted by Gasteiger charge is -2.39. The smallest absolute Gasteiger partial charge is 0.312 e. The number of carbonyl (C=O) groups is 4. The first-order valence-corrected chi connectivity index (χ1v) is 16.5. The van der Waals surface area contributed by atoms with E-state index in [-0.39, 0.29) is 25.4 Å². The number of amides is 3. The van der Waals surface area contributed by atoms with E-state index in [4.69, 9.17) is 14.2 Å². The Bertz CT molecular complexity index is 1500. The summed E-state index contributed by atoms with van der Waals surface area (Å²) in [4.78, 5) is 58.4. The highest BCUT2D eigenvalue weighted by atomic mass is 16.6. The van der Waals surface area contributed by atoms with Crippen LogP contribution >= 0.6 is 0 Å². The summed E-state index contributed by atoms with van der Waals surface area (Å²) in [5.41, 5.74) is 0.151. The quantitative estimate of drug-likeness (QED) is 0.207. The first-order chi connectivity index (χ1) is 23.2. The normalized spacial score (nSPS) is 25.1. The third kappa shape index (κ3) is 6.75. The molecule has 0 saturated carbocycles. The van der Waals surface area contributed by atoms with Gasteiger partial charge in [-0.3, -0.25) is 19.2 Å². The van der Waals surface area contributed by atoms with Crippen LogP contribution in [0.3, 0.4) is 0 Å². The Balaban J connectivity index is 1.48. The minimum Gasteiger partial charge on any atom is -0.497 e. The number of anilines is 1. The molecule has 48 heavy (non-hydrogen) atoms. The number of hydrogen-bond acceptors (Lipinski definition) is 8. The van der Waals surface area contributed by atoms with E-state index in [0.29, 0.717) is 37.1 Å².